The molecular weight excluding hydrogens is 285 g/mol. The molecule has 1 N–H and O–H groups in total. The van der Waals surface area contributed by atoms with E-state index in [4.69, 9.17) is 0 Å². The third kappa shape index (κ3) is 4.43. The summed E-state index contributed by atoms with van der Waals surface area (Å²) in [6.07, 6.45) is 4.54. The van der Waals surface area contributed by atoms with Crippen LogP contribution in [0.3, 0.4) is 0 Å². The maximum absolute atomic E-state index is 13.3. The van der Waals surface area contributed by atoms with Gasteiger partial charge in [0.2, 0.25) is 0 Å². The summed E-state index contributed by atoms with van der Waals surface area (Å²) < 4.78 is 13.3. The topological polar surface area (TPSA) is 37.8 Å². The van der Waals surface area contributed by atoms with Crippen molar-refractivity contribution in [2.45, 2.75) is 43.0 Å². The molecule has 0 bridgehead atoms. The molecule has 3 nitrogen and oxygen atoms in total. The molecule has 0 atom stereocenters. The van der Waals surface area contributed by atoms with Crippen LogP contribution in [0.1, 0.15) is 32.3 Å². The third-order valence-electron chi connectivity index (χ3n) is 2.96. The number of hydrogen-bond donors (Lipinski definition) is 1. The molecule has 2 rings (SSSR count). The SMILES string of the molecule is CCCNc1ncnc(Sc2cccc(F)c2)c1CCC. The lowest BCUT2D eigenvalue weighted by molar-refractivity contribution is 0.624. The Morgan fingerprint density at radius 1 is 1.19 bits per heavy atom. The molecule has 0 fully saturated rings. The maximum atomic E-state index is 13.3. The van der Waals surface area contributed by atoms with Gasteiger partial charge in [-0.05, 0) is 31.0 Å². The van der Waals surface area contributed by atoms with Crippen LogP contribution >= 0.6 is 11.8 Å². The minimum Gasteiger partial charge on any atom is -0.370 e. The van der Waals surface area contributed by atoms with Crippen LogP contribution in [0, 0.1) is 5.82 Å². The smallest absolute Gasteiger partial charge is 0.133 e. The molecular formula is C16H20FN3S. The fourth-order valence-corrected chi connectivity index (χ4v) is 2.96. The van der Waals surface area contributed by atoms with Gasteiger partial charge < -0.3 is 5.32 Å². The number of nitrogens with one attached hydrogen (secondary N) is 1. The lowest BCUT2D eigenvalue weighted by atomic mass is 10.2. The highest BCUT2D eigenvalue weighted by Crippen LogP contribution is 2.32. The Morgan fingerprint density at radius 2 is 2.05 bits per heavy atom. The van der Waals surface area contributed by atoms with E-state index >= 15 is 0 Å². The largest absolute Gasteiger partial charge is 0.370 e. The van der Waals surface area contributed by atoms with Crippen LogP contribution in [0.5, 0.6) is 0 Å². The number of rotatable bonds is 7. The Hall–Kier alpha value is -1.62. The van der Waals surface area contributed by atoms with Gasteiger partial charge in [-0.1, -0.05) is 38.1 Å². The fourth-order valence-electron chi connectivity index (χ4n) is 2.00. The summed E-state index contributed by atoms with van der Waals surface area (Å²) >= 11 is 1.48. The van der Waals surface area contributed by atoms with Gasteiger partial charge in [-0.3, -0.25) is 0 Å². The summed E-state index contributed by atoms with van der Waals surface area (Å²) in [5.74, 6) is 0.669. The van der Waals surface area contributed by atoms with Gasteiger partial charge >= 0.3 is 0 Å². The molecule has 0 aliphatic carbocycles. The van der Waals surface area contributed by atoms with Crippen molar-refractivity contribution in [3.8, 4) is 0 Å². The zero-order valence-electron chi connectivity index (χ0n) is 12.4. The monoisotopic (exact) mass is 305 g/mol. The van der Waals surface area contributed by atoms with Crippen LogP contribution in [-0.4, -0.2) is 16.5 Å². The molecule has 0 saturated heterocycles. The van der Waals surface area contributed by atoms with Crippen LogP contribution in [0.2, 0.25) is 0 Å². The Balaban J connectivity index is 2.28. The predicted octanol–water partition coefficient (Wildman–Crippen LogP) is 4.54. The van der Waals surface area contributed by atoms with Gasteiger partial charge in [0.1, 0.15) is 23.0 Å². The van der Waals surface area contributed by atoms with Gasteiger partial charge in [0.05, 0.1) is 0 Å². The maximum Gasteiger partial charge on any atom is 0.133 e. The lowest BCUT2D eigenvalue weighted by Gasteiger charge is -2.13. The van der Waals surface area contributed by atoms with Gasteiger partial charge in [0.25, 0.3) is 0 Å². The zero-order chi connectivity index (χ0) is 15.1. The van der Waals surface area contributed by atoms with Crippen molar-refractivity contribution < 1.29 is 4.39 Å². The number of anilines is 1. The molecule has 112 valence electrons. The quantitative estimate of drug-likeness (QED) is 0.762. The number of hydrogen-bond acceptors (Lipinski definition) is 4. The molecule has 0 aliphatic heterocycles. The first kappa shape index (κ1) is 15.8. The van der Waals surface area contributed by atoms with Gasteiger partial charge in [-0.25, -0.2) is 14.4 Å². The van der Waals surface area contributed by atoms with Crippen molar-refractivity contribution in [2.24, 2.45) is 0 Å². The lowest BCUT2D eigenvalue weighted by Crippen LogP contribution is -2.07. The van der Waals surface area contributed by atoms with Crippen LogP contribution in [-0.2, 0) is 6.42 Å². The highest BCUT2D eigenvalue weighted by atomic mass is 32.2. The Bertz CT molecular complexity index is 589. The first-order valence-corrected chi connectivity index (χ1v) is 8.07. The first-order chi connectivity index (χ1) is 10.2. The number of aromatic nitrogens is 2. The fraction of sp³-hybridized carbons (Fsp3) is 0.375. The van der Waals surface area contributed by atoms with Crippen molar-refractivity contribution in [1.29, 1.82) is 0 Å². The van der Waals surface area contributed by atoms with E-state index < -0.39 is 0 Å². The summed E-state index contributed by atoms with van der Waals surface area (Å²) in [7, 11) is 0. The van der Waals surface area contributed by atoms with Crippen molar-refractivity contribution >= 4 is 17.6 Å². The molecule has 2 aromatic rings. The highest BCUT2D eigenvalue weighted by Gasteiger charge is 2.12. The van der Waals surface area contributed by atoms with Crippen LogP contribution < -0.4 is 5.32 Å². The third-order valence-corrected chi connectivity index (χ3v) is 3.99. The van der Waals surface area contributed by atoms with Crippen molar-refractivity contribution in [3.05, 3.63) is 42.0 Å². The predicted molar refractivity (Wildman–Crippen MR) is 85.3 cm³/mol. The summed E-state index contributed by atoms with van der Waals surface area (Å²) in [6, 6.07) is 6.59. The van der Waals surface area contributed by atoms with Gasteiger partial charge in [0.15, 0.2) is 0 Å². The summed E-state index contributed by atoms with van der Waals surface area (Å²) in [5, 5.41) is 4.25. The second-order valence-corrected chi connectivity index (χ2v) is 5.80. The second kappa shape index (κ2) is 7.98. The Labute approximate surface area is 129 Å². The number of halogens is 1. The number of nitrogens with zero attached hydrogens (tertiary/aromatic N) is 2. The molecule has 0 unspecified atom stereocenters. The van der Waals surface area contributed by atoms with E-state index in [0.717, 1.165) is 47.1 Å². The Morgan fingerprint density at radius 3 is 2.76 bits per heavy atom. The molecule has 0 radical (unpaired) electrons. The van der Waals surface area contributed by atoms with E-state index in [1.807, 2.05) is 6.07 Å². The van der Waals surface area contributed by atoms with Crippen LogP contribution in [0.25, 0.3) is 0 Å². The molecule has 0 amide bonds. The standard InChI is InChI=1S/C16H20FN3S/c1-3-6-14-15(18-9-4-2)19-11-20-16(14)21-13-8-5-7-12(17)10-13/h5,7-8,10-11H,3-4,6,9H2,1-2H3,(H,18,19,20). The minimum atomic E-state index is -0.226. The zero-order valence-corrected chi connectivity index (χ0v) is 13.2. The van der Waals surface area contributed by atoms with Crippen molar-refractivity contribution in [3.63, 3.8) is 0 Å². The van der Waals surface area contributed by atoms with Crippen molar-refractivity contribution in [2.75, 3.05) is 11.9 Å². The molecule has 0 aliphatic rings. The van der Waals surface area contributed by atoms with Gasteiger partial charge in [0, 0.05) is 17.0 Å². The minimum absolute atomic E-state index is 0.226. The normalized spacial score (nSPS) is 10.6. The van der Waals surface area contributed by atoms with E-state index in [0.29, 0.717) is 0 Å². The van der Waals surface area contributed by atoms with Gasteiger partial charge in [-0.15, -0.1) is 0 Å². The van der Waals surface area contributed by atoms with E-state index in [1.54, 1.807) is 12.4 Å². The van der Waals surface area contributed by atoms with Crippen LogP contribution in [0.15, 0.2) is 40.5 Å². The molecule has 1 heterocycles. The summed E-state index contributed by atoms with van der Waals surface area (Å²) in [6.45, 7) is 5.14. The molecule has 1 aromatic heterocycles. The Kier molecular flexibility index (Phi) is 5.99. The van der Waals surface area contributed by atoms with E-state index in [2.05, 4.69) is 29.1 Å². The molecule has 0 saturated carbocycles. The average Bonchev–Trinajstić information content (AvgIpc) is 2.48. The molecule has 0 spiro atoms. The van der Waals surface area contributed by atoms with E-state index in [9.17, 15) is 4.39 Å². The number of benzene rings is 1. The molecule has 21 heavy (non-hydrogen) atoms. The van der Waals surface area contributed by atoms with E-state index in [-0.39, 0.29) is 5.82 Å². The van der Waals surface area contributed by atoms with Crippen LogP contribution in [0.4, 0.5) is 10.2 Å². The van der Waals surface area contributed by atoms with Crippen molar-refractivity contribution in [1.82, 2.24) is 9.97 Å². The van der Waals surface area contributed by atoms with E-state index in [1.165, 1.54) is 23.9 Å². The highest BCUT2D eigenvalue weighted by molar-refractivity contribution is 7.99. The average molecular weight is 305 g/mol. The van der Waals surface area contributed by atoms with Gasteiger partial charge in [-0.2, -0.15) is 0 Å². The molecule has 1 aromatic carbocycles. The summed E-state index contributed by atoms with van der Waals surface area (Å²) in [4.78, 5) is 9.58. The summed E-state index contributed by atoms with van der Waals surface area (Å²) in [5.41, 5.74) is 1.11. The second-order valence-electron chi connectivity index (χ2n) is 4.74. The molecule has 5 heteroatoms. The first-order valence-electron chi connectivity index (χ1n) is 7.25.